The molecule has 1 aliphatic rings. The first-order valence-corrected chi connectivity index (χ1v) is 5.86. The Kier molecular flexibility index (Phi) is 2.80. The highest BCUT2D eigenvalue weighted by molar-refractivity contribution is 5.44. The molecule has 94 valence electrons. The number of rotatable bonds is 4. The van der Waals surface area contributed by atoms with Gasteiger partial charge in [0.25, 0.3) is 6.01 Å². The largest absolute Gasteiger partial charge is 0.454 e. The highest BCUT2D eigenvalue weighted by Crippen LogP contribution is 2.32. The van der Waals surface area contributed by atoms with Gasteiger partial charge in [0.2, 0.25) is 6.79 Å². The highest BCUT2D eigenvalue weighted by Gasteiger charge is 2.13. The number of nitrogens with zero attached hydrogens (tertiary/aromatic N) is 1. The fourth-order valence-electron chi connectivity index (χ4n) is 1.91. The molecule has 5 nitrogen and oxygen atoms in total. The van der Waals surface area contributed by atoms with Gasteiger partial charge in [-0.15, -0.1) is 0 Å². The minimum Gasteiger partial charge on any atom is -0.454 e. The van der Waals surface area contributed by atoms with E-state index in [9.17, 15) is 0 Å². The van der Waals surface area contributed by atoms with E-state index in [0.29, 0.717) is 12.8 Å². The van der Waals surface area contributed by atoms with Gasteiger partial charge in [-0.05, 0) is 30.5 Å². The summed E-state index contributed by atoms with van der Waals surface area (Å²) in [6.45, 7) is 0.313. The number of anilines is 1. The molecule has 0 bridgehead atoms. The average molecular weight is 246 g/mol. The summed E-state index contributed by atoms with van der Waals surface area (Å²) < 4.78 is 15.8. The molecule has 5 heteroatoms. The van der Waals surface area contributed by atoms with Crippen LogP contribution in [0.3, 0.4) is 0 Å². The monoisotopic (exact) mass is 246 g/mol. The second-order valence-electron chi connectivity index (χ2n) is 4.08. The molecule has 1 aromatic heterocycles. The Morgan fingerprint density at radius 1 is 1.22 bits per heavy atom. The van der Waals surface area contributed by atoms with Gasteiger partial charge < -0.3 is 19.2 Å². The molecular formula is C13H14N2O3. The lowest BCUT2D eigenvalue weighted by molar-refractivity contribution is 0.174. The van der Waals surface area contributed by atoms with Crippen LogP contribution in [0.5, 0.6) is 11.5 Å². The van der Waals surface area contributed by atoms with Crippen LogP contribution in [0.25, 0.3) is 0 Å². The number of aromatic nitrogens is 1. The molecule has 1 aliphatic heterocycles. The Hall–Kier alpha value is -2.17. The maximum absolute atomic E-state index is 5.35. The van der Waals surface area contributed by atoms with Crippen molar-refractivity contribution >= 4 is 6.01 Å². The van der Waals surface area contributed by atoms with E-state index < -0.39 is 0 Å². The summed E-state index contributed by atoms with van der Waals surface area (Å²) in [4.78, 5) is 4.28. The molecule has 0 atom stereocenters. The average Bonchev–Trinajstić information content (AvgIpc) is 3.04. The molecule has 1 N–H and O–H groups in total. The van der Waals surface area contributed by atoms with Crippen LogP contribution in [0, 0.1) is 0 Å². The van der Waals surface area contributed by atoms with Gasteiger partial charge in [-0.2, -0.15) is 4.98 Å². The number of oxazole rings is 1. The molecule has 0 spiro atoms. The molecule has 2 heterocycles. The number of nitrogens with one attached hydrogen (secondary N) is 1. The first-order valence-electron chi connectivity index (χ1n) is 5.86. The summed E-state index contributed by atoms with van der Waals surface area (Å²) in [5, 5.41) is 2.87. The van der Waals surface area contributed by atoms with Crippen LogP contribution >= 0.6 is 0 Å². The molecule has 2 aromatic rings. The van der Waals surface area contributed by atoms with Crippen LogP contribution in [-0.2, 0) is 12.8 Å². The van der Waals surface area contributed by atoms with E-state index in [2.05, 4.69) is 10.3 Å². The summed E-state index contributed by atoms with van der Waals surface area (Å²) in [6, 6.07) is 6.56. The van der Waals surface area contributed by atoms with E-state index in [-0.39, 0.29) is 0 Å². The maximum atomic E-state index is 5.35. The Balaban J connectivity index is 1.66. The van der Waals surface area contributed by atoms with Gasteiger partial charge in [0.1, 0.15) is 6.26 Å². The fourth-order valence-corrected chi connectivity index (χ4v) is 1.91. The van der Waals surface area contributed by atoms with Crippen molar-refractivity contribution in [3.8, 4) is 11.5 Å². The summed E-state index contributed by atoms with van der Waals surface area (Å²) in [5.41, 5.74) is 2.14. The Morgan fingerprint density at radius 2 is 2.11 bits per heavy atom. The summed E-state index contributed by atoms with van der Waals surface area (Å²) in [6.07, 6.45) is 3.41. The SMILES string of the molecule is CNc1nc(CCc2ccc3c(c2)OCO3)co1. The molecule has 0 unspecified atom stereocenters. The van der Waals surface area contributed by atoms with Gasteiger partial charge in [0.15, 0.2) is 11.5 Å². The first kappa shape index (κ1) is 11.0. The first-order chi connectivity index (χ1) is 8.85. The minimum absolute atomic E-state index is 0.313. The number of aryl methyl sites for hydroxylation is 2. The van der Waals surface area contributed by atoms with Crippen molar-refractivity contribution in [3.05, 3.63) is 35.7 Å². The number of fused-ring (bicyclic) bond motifs is 1. The lowest BCUT2D eigenvalue weighted by Gasteiger charge is -2.01. The van der Waals surface area contributed by atoms with Crippen molar-refractivity contribution in [2.24, 2.45) is 0 Å². The molecule has 18 heavy (non-hydrogen) atoms. The normalized spacial score (nSPS) is 12.7. The number of hydrogen-bond donors (Lipinski definition) is 1. The second kappa shape index (κ2) is 4.60. The molecule has 0 aliphatic carbocycles. The third-order valence-corrected chi connectivity index (χ3v) is 2.87. The van der Waals surface area contributed by atoms with E-state index in [1.807, 2.05) is 18.2 Å². The maximum Gasteiger partial charge on any atom is 0.294 e. The zero-order chi connectivity index (χ0) is 12.4. The molecule has 0 fully saturated rings. The van der Waals surface area contributed by atoms with Crippen LogP contribution in [0.2, 0.25) is 0 Å². The predicted octanol–water partition coefficient (Wildman–Crippen LogP) is 2.23. The molecule has 0 saturated heterocycles. The number of ether oxygens (including phenoxy) is 2. The van der Waals surface area contributed by atoms with Crippen molar-refractivity contribution in [2.75, 3.05) is 19.2 Å². The van der Waals surface area contributed by atoms with Crippen LogP contribution < -0.4 is 14.8 Å². The van der Waals surface area contributed by atoms with E-state index >= 15 is 0 Å². The van der Waals surface area contributed by atoms with Crippen molar-refractivity contribution in [2.45, 2.75) is 12.8 Å². The molecule has 3 rings (SSSR count). The lowest BCUT2D eigenvalue weighted by atomic mass is 10.1. The zero-order valence-electron chi connectivity index (χ0n) is 10.1. The van der Waals surface area contributed by atoms with Gasteiger partial charge in [-0.1, -0.05) is 6.07 Å². The second-order valence-corrected chi connectivity index (χ2v) is 4.08. The fraction of sp³-hybridized carbons (Fsp3) is 0.308. The van der Waals surface area contributed by atoms with Gasteiger partial charge in [-0.25, -0.2) is 0 Å². The van der Waals surface area contributed by atoms with Gasteiger partial charge >= 0.3 is 0 Å². The Morgan fingerprint density at radius 3 is 2.94 bits per heavy atom. The number of hydrogen-bond acceptors (Lipinski definition) is 5. The third kappa shape index (κ3) is 2.11. The van der Waals surface area contributed by atoms with Crippen LogP contribution in [0.4, 0.5) is 6.01 Å². The van der Waals surface area contributed by atoms with Gasteiger partial charge in [0.05, 0.1) is 5.69 Å². The minimum atomic E-state index is 0.313. The zero-order valence-corrected chi connectivity index (χ0v) is 10.1. The lowest BCUT2D eigenvalue weighted by Crippen LogP contribution is -1.93. The molecule has 0 radical (unpaired) electrons. The van der Waals surface area contributed by atoms with Crippen molar-refractivity contribution in [3.63, 3.8) is 0 Å². The highest BCUT2D eigenvalue weighted by atomic mass is 16.7. The van der Waals surface area contributed by atoms with E-state index in [0.717, 1.165) is 30.0 Å². The quantitative estimate of drug-likeness (QED) is 0.896. The molecular weight excluding hydrogens is 232 g/mol. The van der Waals surface area contributed by atoms with Crippen LogP contribution in [0.1, 0.15) is 11.3 Å². The molecule has 1 aromatic carbocycles. The number of benzene rings is 1. The Bertz CT molecular complexity index is 551. The molecule has 0 amide bonds. The van der Waals surface area contributed by atoms with Gasteiger partial charge in [0, 0.05) is 7.05 Å². The van der Waals surface area contributed by atoms with Crippen LogP contribution in [0.15, 0.2) is 28.9 Å². The summed E-state index contributed by atoms with van der Waals surface area (Å²) in [7, 11) is 1.79. The molecule has 0 saturated carbocycles. The predicted molar refractivity (Wildman–Crippen MR) is 66.0 cm³/mol. The third-order valence-electron chi connectivity index (χ3n) is 2.87. The van der Waals surface area contributed by atoms with E-state index in [1.54, 1.807) is 13.3 Å². The van der Waals surface area contributed by atoms with Crippen LogP contribution in [-0.4, -0.2) is 18.8 Å². The topological polar surface area (TPSA) is 56.5 Å². The van der Waals surface area contributed by atoms with Crippen molar-refractivity contribution in [1.82, 2.24) is 4.98 Å². The standard InChI is InChI=1S/C13H14N2O3/c1-14-13-15-10(7-16-13)4-2-9-3-5-11-12(6-9)18-8-17-11/h3,5-7H,2,4,8H2,1H3,(H,14,15). The van der Waals surface area contributed by atoms with E-state index in [4.69, 9.17) is 13.9 Å². The summed E-state index contributed by atoms with van der Waals surface area (Å²) in [5.74, 6) is 1.64. The van der Waals surface area contributed by atoms with Gasteiger partial charge in [-0.3, -0.25) is 0 Å². The van der Waals surface area contributed by atoms with Crippen molar-refractivity contribution < 1.29 is 13.9 Å². The Labute approximate surface area is 105 Å². The smallest absolute Gasteiger partial charge is 0.294 e. The van der Waals surface area contributed by atoms with Crippen molar-refractivity contribution in [1.29, 1.82) is 0 Å². The summed E-state index contributed by atoms with van der Waals surface area (Å²) >= 11 is 0. The van der Waals surface area contributed by atoms with E-state index in [1.165, 1.54) is 5.56 Å².